The number of rotatable bonds is 3. The Morgan fingerprint density at radius 3 is 2.75 bits per heavy atom. The lowest BCUT2D eigenvalue weighted by Crippen LogP contribution is -1.95. The fraction of sp³-hybridized carbons (Fsp3) is 0.0476. The number of hydrogen-bond acceptors (Lipinski definition) is 4. The molecule has 0 spiro atoms. The van der Waals surface area contributed by atoms with Gasteiger partial charge in [0.05, 0.1) is 23.8 Å². The van der Waals surface area contributed by atoms with Crippen molar-refractivity contribution in [1.82, 2.24) is 25.1 Å². The Labute approximate surface area is 158 Å². The first-order chi connectivity index (χ1) is 13.7. The number of nitrogens with one attached hydrogen (secondary N) is 1. The van der Waals surface area contributed by atoms with Crippen molar-refractivity contribution in [3.63, 3.8) is 0 Å². The lowest BCUT2D eigenvalue weighted by molar-refractivity contribution is 0.622. The molecule has 1 N–H and O–H groups in total. The number of benzene rings is 1. The van der Waals surface area contributed by atoms with Crippen molar-refractivity contribution < 1.29 is 8.78 Å². The second-order valence-corrected chi connectivity index (χ2v) is 6.48. The molecule has 5 aromatic rings. The minimum absolute atomic E-state index is 0.420. The van der Waals surface area contributed by atoms with Crippen LogP contribution in [0.4, 0.5) is 8.78 Å². The molecule has 5 rings (SSSR count). The van der Waals surface area contributed by atoms with Gasteiger partial charge in [0.2, 0.25) is 0 Å². The van der Waals surface area contributed by atoms with Crippen molar-refractivity contribution in [3.8, 4) is 11.3 Å². The molecule has 0 amide bonds. The first kappa shape index (κ1) is 16.4. The molecule has 1 aromatic carbocycles. The van der Waals surface area contributed by atoms with E-state index in [0.717, 1.165) is 34.7 Å². The van der Waals surface area contributed by atoms with E-state index in [4.69, 9.17) is 0 Å². The summed E-state index contributed by atoms with van der Waals surface area (Å²) in [6.45, 7) is 0. The molecule has 136 valence electrons. The molecule has 4 aromatic heterocycles. The van der Waals surface area contributed by atoms with Crippen molar-refractivity contribution in [1.29, 1.82) is 0 Å². The fourth-order valence-electron chi connectivity index (χ4n) is 3.36. The Kier molecular flexibility index (Phi) is 3.79. The summed E-state index contributed by atoms with van der Waals surface area (Å²) < 4.78 is 28.0. The van der Waals surface area contributed by atoms with Crippen LogP contribution >= 0.6 is 0 Å². The van der Waals surface area contributed by atoms with Gasteiger partial charge in [0.15, 0.2) is 0 Å². The van der Waals surface area contributed by atoms with Gasteiger partial charge in [-0.3, -0.25) is 20.1 Å². The summed E-state index contributed by atoms with van der Waals surface area (Å²) in [5.74, 6) is -0.899. The monoisotopic (exact) mass is 373 g/mol. The van der Waals surface area contributed by atoms with Gasteiger partial charge >= 0.3 is 0 Å². The lowest BCUT2D eigenvalue weighted by atomic mass is 10.0. The van der Waals surface area contributed by atoms with Gasteiger partial charge < -0.3 is 0 Å². The van der Waals surface area contributed by atoms with Crippen molar-refractivity contribution in [2.75, 3.05) is 0 Å². The normalized spacial score (nSPS) is 11.4. The van der Waals surface area contributed by atoms with E-state index in [-0.39, 0.29) is 0 Å². The Bertz CT molecular complexity index is 1330. The first-order valence-corrected chi connectivity index (χ1v) is 8.65. The van der Waals surface area contributed by atoms with Crippen molar-refractivity contribution in [2.24, 2.45) is 0 Å². The van der Waals surface area contributed by atoms with Crippen molar-refractivity contribution >= 4 is 21.8 Å². The van der Waals surface area contributed by atoms with Gasteiger partial charge in [-0.05, 0) is 29.8 Å². The van der Waals surface area contributed by atoms with Gasteiger partial charge in [-0.2, -0.15) is 5.10 Å². The molecule has 0 aliphatic heterocycles. The highest BCUT2D eigenvalue weighted by atomic mass is 19.1. The third kappa shape index (κ3) is 2.77. The summed E-state index contributed by atoms with van der Waals surface area (Å²) in [5.41, 5.74) is 4.33. The predicted octanol–water partition coefficient (Wildman–Crippen LogP) is 4.44. The maximum absolute atomic E-state index is 14.5. The zero-order valence-electron chi connectivity index (χ0n) is 14.5. The molecule has 0 saturated heterocycles. The van der Waals surface area contributed by atoms with Crippen LogP contribution in [0.25, 0.3) is 33.1 Å². The summed E-state index contributed by atoms with van der Waals surface area (Å²) in [7, 11) is 0. The predicted molar refractivity (Wildman–Crippen MR) is 102 cm³/mol. The van der Waals surface area contributed by atoms with Crippen LogP contribution in [0, 0.1) is 11.6 Å². The highest BCUT2D eigenvalue weighted by Crippen LogP contribution is 2.29. The third-order valence-corrected chi connectivity index (χ3v) is 4.65. The van der Waals surface area contributed by atoms with E-state index in [1.165, 1.54) is 12.3 Å². The van der Waals surface area contributed by atoms with Crippen molar-refractivity contribution in [2.45, 2.75) is 6.42 Å². The van der Waals surface area contributed by atoms with E-state index >= 15 is 0 Å². The average molecular weight is 373 g/mol. The summed E-state index contributed by atoms with van der Waals surface area (Å²) in [4.78, 5) is 12.4. The van der Waals surface area contributed by atoms with E-state index < -0.39 is 11.6 Å². The maximum atomic E-state index is 14.5. The molecule has 0 bridgehead atoms. The number of fused-ring (bicyclic) bond motifs is 2. The summed E-state index contributed by atoms with van der Waals surface area (Å²) >= 11 is 0. The lowest BCUT2D eigenvalue weighted by Gasteiger charge is -2.09. The van der Waals surface area contributed by atoms with Crippen LogP contribution in [0.2, 0.25) is 0 Å². The summed E-state index contributed by atoms with van der Waals surface area (Å²) in [6, 6.07) is 10.5. The molecular weight excluding hydrogens is 360 g/mol. The Morgan fingerprint density at radius 2 is 1.86 bits per heavy atom. The highest BCUT2D eigenvalue weighted by molar-refractivity contribution is 5.95. The molecule has 4 heterocycles. The smallest absolute Gasteiger partial charge is 0.149 e. The van der Waals surface area contributed by atoms with E-state index in [1.54, 1.807) is 18.3 Å². The first-order valence-electron chi connectivity index (χ1n) is 8.65. The van der Waals surface area contributed by atoms with Gasteiger partial charge in [0.1, 0.15) is 22.7 Å². The number of nitrogens with zero attached hydrogens (tertiary/aromatic N) is 4. The van der Waals surface area contributed by atoms with E-state index in [2.05, 4.69) is 25.1 Å². The average Bonchev–Trinajstić information content (AvgIpc) is 3.12. The summed E-state index contributed by atoms with van der Waals surface area (Å²) in [6.07, 6.45) is 6.03. The number of aromatic amines is 1. The molecule has 0 unspecified atom stereocenters. The van der Waals surface area contributed by atoms with E-state index in [1.807, 2.05) is 18.2 Å². The van der Waals surface area contributed by atoms with Crippen LogP contribution < -0.4 is 0 Å². The highest BCUT2D eigenvalue weighted by Gasteiger charge is 2.13. The molecule has 0 fully saturated rings. The molecule has 0 radical (unpaired) electrons. The number of aromatic nitrogens is 5. The molecule has 28 heavy (non-hydrogen) atoms. The zero-order valence-corrected chi connectivity index (χ0v) is 14.5. The van der Waals surface area contributed by atoms with Gasteiger partial charge in [-0.25, -0.2) is 8.78 Å². The quantitative estimate of drug-likeness (QED) is 0.508. The molecule has 7 heteroatoms. The molecular formula is C21H13F2N5. The zero-order chi connectivity index (χ0) is 19.1. The molecule has 0 aliphatic rings. The fourth-order valence-corrected chi connectivity index (χ4v) is 3.36. The second-order valence-electron chi connectivity index (χ2n) is 6.48. The third-order valence-electron chi connectivity index (χ3n) is 4.65. The molecule has 0 aliphatic carbocycles. The molecule has 0 saturated carbocycles. The topological polar surface area (TPSA) is 67.3 Å². The van der Waals surface area contributed by atoms with Crippen LogP contribution in [0.1, 0.15) is 11.3 Å². The number of hydrogen-bond donors (Lipinski definition) is 1. The largest absolute Gasteiger partial charge is 0.279 e. The summed E-state index contributed by atoms with van der Waals surface area (Å²) in [5, 5.41) is 8.26. The Morgan fingerprint density at radius 1 is 0.929 bits per heavy atom. The maximum Gasteiger partial charge on any atom is 0.149 e. The number of halogens is 2. The SMILES string of the molecule is Fc1cncc(-c2ncc(F)c3cc(Cc4[nH]nc5cccnc45)ccc23)c1. The molecule has 0 atom stereocenters. The standard InChI is InChI=1S/C21H13F2N5/c22-14-8-13(9-24-10-14)20-15-4-3-12(6-16(15)17(23)11-26-20)7-19-21-18(27-28-19)2-1-5-25-21/h1-6,8-11H,7H2,(H,27,28). The van der Waals surface area contributed by atoms with Gasteiger partial charge in [-0.15, -0.1) is 0 Å². The van der Waals surface area contributed by atoms with Gasteiger partial charge in [0, 0.05) is 35.2 Å². The van der Waals surface area contributed by atoms with Gasteiger partial charge in [0.25, 0.3) is 0 Å². The second kappa shape index (κ2) is 6.45. The minimum atomic E-state index is -0.466. The van der Waals surface area contributed by atoms with E-state index in [9.17, 15) is 8.78 Å². The Hall–Kier alpha value is -3.74. The van der Waals surface area contributed by atoms with Crippen LogP contribution in [0.5, 0.6) is 0 Å². The number of pyridine rings is 3. The van der Waals surface area contributed by atoms with Crippen molar-refractivity contribution in [3.05, 3.63) is 84.1 Å². The minimum Gasteiger partial charge on any atom is -0.279 e. The van der Waals surface area contributed by atoms with Crippen LogP contribution in [0.15, 0.2) is 61.2 Å². The van der Waals surface area contributed by atoms with Crippen LogP contribution in [-0.2, 0) is 6.42 Å². The van der Waals surface area contributed by atoms with E-state index in [0.29, 0.717) is 28.5 Å². The van der Waals surface area contributed by atoms with Crippen LogP contribution in [-0.4, -0.2) is 25.1 Å². The Balaban J connectivity index is 1.60. The number of H-pyrrole nitrogens is 1. The van der Waals surface area contributed by atoms with Crippen LogP contribution in [0.3, 0.4) is 0 Å². The van der Waals surface area contributed by atoms with Gasteiger partial charge in [-0.1, -0.05) is 12.1 Å². The molecule has 5 nitrogen and oxygen atoms in total.